The lowest BCUT2D eigenvalue weighted by Crippen LogP contribution is -2.45. The van der Waals surface area contributed by atoms with Gasteiger partial charge in [0.1, 0.15) is 17.9 Å². The SMILES string of the molecule is CC(NS(=O)(=O)c1ccc(NC(=O)C(Cc2ccccc2)NC(=O)c2ccc(F)cc2)cc1)C(F)(F)F. The number of sulfonamides is 1. The lowest BCUT2D eigenvalue weighted by molar-refractivity contribution is -0.147. The summed E-state index contributed by atoms with van der Waals surface area (Å²) in [5, 5.41) is 5.17. The van der Waals surface area contributed by atoms with Gasteiger partial charge < -0.3 is 10.6 Å². The van der Waals surface area contributed by atoms with Crippen LogP contribution in [0, 0.1) is 5.82 Å². The molecule has 0 bridgehead atoms. The van der Waals surface area contributed by atoms with Crippen LogP contribution in [0.15, 0.2) is 83.8 Å². The zero-order valence-electron chi connectivity index (χ0n) is 19.4. The smallest absolute Gasteiger partial charge is 0.340 e. The third-order valence-electron chi connectivity index (χ3n) is 5.27. The Balaban J connectivity index is 1.75. The number of hydrogen-bond acceptors (Lipinski definition) is 4. The normalized spacial score (nSPS) is 13.4. The van der Waals surface area contributed by atoms with Crippen LogP contribution in [0.5, 0.6) is 0 Å². The van der Waals surface area contributed by atoms with Crippen molar-refractivity contribution in [2.75, 3.05) is 5.32 Å². The van der Waals surface area contributed by atoms with Crippen LogP contribution < -0.4 is 15.4 Å². The summed E-state index contributed by atoms with van der Waals surface area (Å²) in [4.78, 5) is 25.3. The van der Waals surface area contributed by atoms with E-state index in [1.807, 2.05) is 0 Å². The van der Waals surface area contributed by atoms with Crippen LogP contribution in [0.3, 0.4) is 0 Å². The second-order valence-corrected chi connectivity index (χ2v) is 9.83. The third kappa shape index (κ3) is 7.86. The Morgan fingerprint density at radius 1 is 0.892 bits per heavy atom. The van der Waals surface area contributed by atoms with Gasteiger partial charge in [-0.1, -0.05) is 30.3 Å². The number of rotatable bonds is 9. The standard InChI is InChI=1S/C25H23F4N3O4S/c1-16(25(27,28)29)32-37(35,36)21-13-11-20(12-14-21)30-24(34)22(15-17-5-3-2-4-6-17)31-23(33)18-7-9-19(26)10-8-18/h2-14,16,22,32H,15H2,1H3,(H,30,34)(H,31,33). The minimum atomic E-state index is -4.76. The van der Waals surface area contributed by atoms with Gasteiger partial charge in [0.2, 0.25) is 15.9 Å². The molecule has 2 unspecified atom stereocenters. The zero-order valence-corrected chi connectivity index (χ0v) is 20.2. The molecule has 12 heteroatoms. The van der Waals surface area contributed by atoms with Crippen LogP contribution in [0.1, 0.15) is 22.8 Å². The largest absolute Gasteiger partial charge is 0.404 e. The molecule has 0 aromatic heterocycles. The van der Waals surface area contributed by atoms with Gasteiger partial charge in [0.15, 0.2) is 0 Å². The quantitative estimate of drug-likeness (QED) is 0.359. The molecular formula is C25H23F4N3O4S. The van der Waals surface area contributed by atoms with Crippen molar-refractivity contribution in [2.24, 2.45) is 0 Å². The molecule has 0 heterocycles. The minimum Gasteiger partial charge on any atom is -0.340 e. The molecule has 3 rings (SSSR count). The van der Waals surface area contributed by atoms with Crippen LogP contribution in [-0.4, -0.2) is 38.5 Å². The molecule has 37 heavy (non-hydrogen) atoms. The maximum Gasteiger partial charge on any atom is 0.404 e. The topological polar surface area (TPSA) is 104 Å². The van der Waals surface area contributed by atoms with Crippen molar-refractivity contribution in [1.29, 1.82) is 0 Å². The molecular weight excluding hydrogens is 514 g/mol. The van der Waals surface area contributed by atoms with E-state index in [2.05, 4.69) is 10.6 Å². The molecule has 0 spiro atoms. The molecule has 2 amide bonds. The van der Waals surface area contributed by atoms with Crippen molar-refractivity contribution in [1.82, 2.24) is 10.0 Å². The molecule has 0 saturated carbocycles. The summed E-state index contributed by atoms with van der Waals surface area (Å²) in [6, 6.07) is 14.8. The highest BCUT2D eigenvalue weighted by atomic mass is 32.2. The van der Waals surface area contributed by atoms with E-state index in [-0.39, 0.29) is 17.7 Å². The van der Waals surface area contributed by atoms with Gasteiger partial charge in [-0.2, -0.15) is 17.9 Å². The molecule has 3 aromatic rings. The van der Waals surface area contributed by atoms with E-state index in [4.69, 9.17) is 0 Å². The maximum absolute atomic E-state index is 13.2. The Hall–Kier alpha value is -3.77. The molecule has 196 valence electrons. The number of alkyl halides is 3. The second-order valence-electron chi connectivity index (χ2n) is 8.12. The van der Waals surface area contributed by atoms with Crippen molar-refractivity contribution < 1.29 is 35.6 Å². The molecule has 7 nitrogen and oxygen atoms in total. The van der Waals surface area contributed by atoms with Gasteiger partial charge >= 0.3 is 6.18 Å². The summed E-state index contributed by atoms with van der Waals surface area (Å²) in [5.74, 6) is -1.76. The van der Waals surface area contributed by atoms with Crippen molar-refractivity contribution in [3.63, 3.8) is 0 Å². The van der Waals surface area contributed by atoms with Crippen LogP contribution in [0.2, 0.25) is 0 Å². The summed E-state index contributed by atoms with van der Waals surface area (Å²) in [6.07, 6.45) is -4.64. The monoisotopic (exact) mass is 537 g/mol. The molecule has 0 aliphatic heterocycles. The Labute approximate surface area is 210 Å². The van der Waals surface area contributed by atoms with Crippen molar-refractivity contribution >= 4 is 27.5 Å². The molecule has 2 atom stereocenters. The maximum atomic E-state index is 13.2. The molecule has 0 aliphatic rings. The number of carbonyl (C=O) groups excluding carboxylic acids is 2. The molecule has 0 saturated heterocycles. The first kappa shape index (κ1) is 27.8. The summed E-state index contributed by atoms with van der Waals surface area (Å²) < 4.78 is 77.4. The van der Waals surface area contributed by atoms with Gasteiger partial charge in [0, 0.05) is 17.7 Å². The lowest BCUT2D eigenvalue weighted by atomic mass is 10.0. The fourth-order valence-corrected chi connectivity index (χ4v) is 4.45. The van der Waals surface area contributed by atoms with E-state index in [0.717, 1.165) is 29.8 Å². The van der Waals surface area contributed by atoms with E-state index in [0.29, 0.717) is 6.92 Å². The molecule has 3 aromatic carbocycles. The number of nitrogens with one attached hydrogen (secondary N) is 3. The average Bonchev–Trinajstić information content (AvgIpc) is 2.84. The van der Waals surface area contributed by atoms with Gasteiger partial charge in [-0.25, -0.2) is 12.8 Å². The number of carbonyl (C=O) groups is 2. The van der Waals surface area contributed by atoms with Crippen molar-refractivity contribution in [3.8, 4) is 0 Å². The zero-order chi connectivity index (χ0) is 27.2. The van der Waals surface area contributed by atoms with Crippen molar-refractivity contribution in [2.45, 2.75) is 36.5 Å². The van der Waals surface area contributed by atoms with Crippen molar-refractivity contribution in [3.05, 3.63) is 95.8 Å². The number of amides is 2. The Kier molecular flexibility index (Phi) is 8.66. The van der Waals surface area contributed by atoms with Crippen LogP contribution in [0.25, 0.3) is 0 Å². The van der Waals surface area contributed by atoms with Crippen LogP contribution >= 0.6 is 0 Å². The van der Waals surface area contributed by atoms with Crippen LogP contribution in [0.4, 0.5) is 23.2 Å². The molecule has 3 N–H and O–H groups in total. The minimum absolute atomic E-state index is 0.116. The van der Waals surface area contributed by atoms with E-state index < -0.39 is 50.8 Å². The Morgan fingerprint density at radius 2 is 1.49 bits per heavy atom. The fourth-order valence-electron chi connectivity index (χ4n) is 3.22. The number of halogens is 4. The summed E-state index contributed by atoms with van der Waals surface area (Å²) in [5.41, 5.74) is 1.04. The van der Waals surface area contributed by atoms with E-state index >= 15 is 0 Å². The van der Waals surface area contributed by atoms with Gasteiger partial charge in [-0.05, 0) is 61.0 Å². The first-order chi connectivity index (χ1) is 17.3. The predicted octanol–water partition coefficient (Wildman–Crippen LogP) is 4.03. The average molecular weight is 538 g/mol. The van der Waals surface area contributed by atoms with E-state index in [1.54, 1.807) is 35.1 Å². The number of anilines is 1. The number of benzene rings is 3. The van der Waals surface area contributed by atoms with Crippen LogP contribution in [-0.2, 0) is 21.2 Å². The summed E-state index contributed by atoms with van der Waals surface area (Å²) >= 11 is 0. The van der Waals surface area contributed by atoms with Gasteiger partial charge in [-0.3, -0.25) is 9.59 Å². The highest BCUT2D eigenvalue weighted by Gasteiger charge is 2.38. The molecule has 0 radical (unpaired) electrons. The Bertz CT molecular complexity index is 1330. The first-order valence-electron chi connectivity index (χ1n) is 11.0. The van der Waals surface area contributed by atoms with E-state index in [1.165, 1.54) is 24.3 Å². The van der Waals surface area contributed by atoms with E-state index in [9.17, 15) is 35.6 Å². The first-order valence-corrected chi connectivity index (χ1v) is 12.4. The summed E-state index contributed by atoms with van der Waals surface area (Å²) in [7, 11) is -4.46. The Morgan fingerprint density at radius 3 is 2.05 bits per heavy atom. The highest BCUT2D eigenvalue weighted by molar-refractivity contribution is 7.89. The van der Waals surface area contributed by atoms with Gasteiger partial charge in [-0.15, -0.1) is 0 Å². The predicted molar refractivity (Wildman–Crippen MR) is 129 cm³/mol. The van der Waals surface area contributed by atoms with Gasteiger partial charge in [0.05, 0.1) is 4.90 Å². The van der Waals surface area contributed by atoms with Gasteiger partial charge in [0.25, 0.3) is 5.91 Å². The third-order valence-corrected chi connectivity index (χ3v) is 6.82. The number of hydrogen-bond donors (Lipinski definition) is 3. The lowest BCUT2D eigenvalue weighted by Gasteiger charge is -2.19. The summed E-state index contributed by atoms with van der Waals surface area (Å²) in [6.45, 7) is 0.680. The fraction of sp³-hybridized carbons (Fsp3) is 0.200. The second kappa shape index (κ2) is 11.5. The highest BCUT2D eigenvalue weighted by Crippen LogP contribution is 2.22. The molecule has 0 fully saturated rings. The molecule has 0 aliphatic carbocycles.